The molecule has 0 unspecified atom stereocenters. The Balaban J connectivity index is 1.83. The fourth-order valence-corrected chi connectivity index (χ4v) is 3.09. The summed E-state index contributed by atoms with van der Waals surface area (Å²) >= 11 is 1.34. The standard InChI is InChI=1S/C17H13F3N2OS/c1-11-3-2-8-22(16(11)23)9-14-10-24-15(21-14)12-4-6-13(7-5-12)17(18,19)20/h2-8,10H,9H2,1H3. The van der Waals surface area contributed by atoms with Crippen molar-refractivity contribution in [3.05, 3.63) is 75.1 Å². The lowest BCUT2D eigenvalue weighted by molar-refractivity contribution is -0.137. The number of thiazole rings is 1. The van der Waals surface area contributed by atoms with E-state index in [1.165, 1.54) is 23.5 Å². The molecular weight excluding hydrogens is 337 g/mol. The first-order valence-corrected chi connectivity index (χ1v) is 8.00. The van der Waals surface area contributed by atoms with Gasteiger partial charge in [-0.2, -0.15) is 13.2 Å². The van der Waals surface area contributed by atoms with Crippen molar-refractivity contribution in [2.24, 2.45) is 0 Å². The molecule has 0 atom stereocenters. The van der Waals surface area contributed by atoms with Gasteiger partial charge in [-0.15, -0.1) is 11.3 Å². The Morgan fingerprint density at radius 1 is 1.17 bits per heavy atom. The summed E-state index contributed by atoms with van der Waals surface area (Å²) in [6.45, 7) is 2.07. The van der Waals surface area contributed by atoms with Crippen LogP contribution in [0.2, 0.25) is 0 Å². The number of hydrogen-bond acceptors (Lipinski definition) is 3. The maximum Gasteiger partial charge on any atom is 0.416 e. The highest BCUT2D eigenvalue weighted by Crippen LogP contribution is 2.31. The second kappa shape index (κ2) is 6.24. The number of alkyl halides is 3. The Bertz CT molecular complexity index is 911. The Morgan fingerprint density at radius 2 is 1.88 bits per heavy atom. The molecule has 2 heterocycles. The predicted molar refractivity (Wildman–Crippen MR) is 87.1 cm³/mol. The summed E-state index contributed by atoms with van der Waals surface area (Å²) in [5.41, 5.74) is 1.20. The van der Waals surface area contributed by atoms with Crippen LogP contribution in [0.15, 0.2) is 52.8 Å². The Kier molecular flexibility index (Phi) is 4.28. The Labute approximate surface area is 140 Å². The topological polar surface area (TPSA) is 34.9 Å². The minimum atomic E-state index is -4.35. The van der Waals surface area contributed by atoms with Crippen LogP contribution in [0.1, 0.15) is 16.8 Å². The lowest BCUT2D eigenvalue weighted by Gasteiger charge is -2.06. The van der Waals surface area contributed by atoms with Crippen LogP contribution in [0, 0.1) is 6.92 Å². The van der Waals surface area contributed by atoms with E-state index in [-0.39, 0.29) is 5.56 Å². The largest absolute Gasteiger partial charge is 0.416 e. The number of rotatable bonds is 3. The van der Waals surface area contributed by atoms with E-state index in [1.54, 1.807) is 29.8 Å². The molecule has 0 fully saturated rings. The molecule has 0 saturated carbocycles. The molecule has 24 heavy (non-hydrogen) atoms. The molecule has 0 amide bonds. The van der Waals surface area contributed by atoms with Crippen LogP contribution >= 0.6 is 11.3 Å². The van der Waals surface area contributed by atoms with E-state index in [1.807, 2.05) is 5.38 Å². The number of aromatic nitrogens is 2. The van der Waals surface area contributed by atoms with E-state index in [4.69, 9.17) is 0 Å². The highest BCUT2D eigenvalue weighted by atomic mass is 32.1. The third-order valence-corrected chi connectivity index (χ3v) is 4.49. The zero-order valence-electron chi connectivity index (χ0n) is 12.7. The zero-order valence-corrected chi connectivity index (χ0v) is 13.5. The number of aryl methyl sites for hydroxylation is 1. The average molecular weight is 350 g/mol. The van der Waals surface area contributed by atoms with E-state index in [0.717, 1.165) is 12.1 Å². The molecule has 0 aliphatic rings. The van der Waals surface area contributed by atoms with E-state index < -0.39 is 11.7 Å². The van der Waals surface area contributed by atoms with Gasteiger partial charge in [0.05, 0.1) is 17.8 Å². The minimum Gasteiger partial charge on any atom is -0.309 e. The zero-order chi connectivity index (χ0) is 17.3. The van der Waals surface area contributed by atoms with Gasteiger partial charge in [0.25, 0.3) is 5.56 Å². The molecular formula is C17H13F3N2OS. The van der Waals surface area contributed by atoms with Crippen LogP contribution in [0.5, 0.6) is 0 Å². The SMILES string of the molecule is Cc1cccn(Cc2csc(-c3ccc(C(F)(F)F)cc3)n2)c1=O. The summed E-state index contributed by atoms with van der Waals surface area (Å²) in [7, 11) is 0. The average Bonchev–Trinajstić information content (AvgIpc) is 3.00. The van der Waals surface area contributed by atoms with Gasteiger partial charge in [0.15, 0.2) is 0 Å². The Hall–Kier alpha value is -2.41. The summed E-state index contributed by atoms with van der Waals surface area (Å²) in [6.07, 6.45) is -2.66. The monoisotopic (exact) mass is 350 g/mol. The van der Waals surface area contributed by atoms with Crippen molar-refractivity contribution in [3.8, 4) is 10.6 Å². The normalized spacial score (nSPS) is 11.7. The molecule has 3 nitrogen and oxygen atoms in total. The lowest BCUT2D eigenvalue weighted by atomic mass is 10.1. The van der Waals surface area contributed by atoms with Crippen LogP contribution in [0.25, 0.3) is 10.6 Å². The molecule has 0 spiro atoms. The molecule has 0 aliphatic carbocycles. The van der Waals surface area contributed by atoms with Crippen LogP contribution in [0.3, 0.4) is 0 Å². The summed E-state index contributed by atoms with van der Waals surface area (Å²) < 4.78 is 39.3. The molecule has 0 saturated heterocycles. The van der Waals surface area contributed by atoms with Gasteiger partial charge in [-0.1, -0.05) is 18.2 Å². The van der Waals surface area contributed by atoms with Crippen molar-refractivity contribution < 1.29 is 13.2 Å². The van der Waals surface area contributed by atoms with Crippen molar-refractivity contribution in [1.29, 1.82) is 0 Å². The molecule has 0 N–H and O–H groups in total. The quantitative estimate of drug-likeness (QED) is 0.704. The van der Waals surface area contributed by atoms with Gasteiger partial charge < -0.3 is 4.57 Å². The van der Waals surface area contributed by atoms with Gasteiger partial charge in [0.1, 0.15) is 5.01 Å². The van der Waals surface area contributed by atoms with Crippen LogP contribution in [-0.4, -0.2) is 9.55 Å². The molecule has 1 aromatic carbocycles. The molecule has 7 heteroatoms. The third-order valence-electron chi connectivity index (χ3n) is 3.55. The van der Waals surface area contributed by atoms with Gasteiger partial charge in [-0.05, 0) is 25.1 Å². The summed E-state index contributed by atoms with van der Waals surface area (Å²) in [5.74, 6) is 0. The molecule has 124 valence electrons. The summed E-state index contributed by atoms with van der Waals surface area (Å²) in [6, 6.07) is 8.44. The number of hydrogen-bond donors (Lipinski definition) is 0. The maximum atomic E-state index is 12.6. The fourth-order valence-electron chi connectivity index (χ4n) is 2.27. The van der Waals surface area contributed by atoms with Crippen LogP contribution in [0.4, 0.5) is 13.2 Å². The lowest BCUT2D eigenvalue weighted by Crippen LogP contribution is -2.21. The molecule has 3 rings (SSSR count). The first-order chi connectivity index (χ1) is 11.3. The first-order valence-electron chi connectivity index (χ1n) is 7.13. The summed E-state index contributed by atoms with van der Waals surface area (Å²) in [4.78, 5) is 16.4. The van der Waals surface area contributed by atoms with Crippen molar-refractivity contribution in [2.45, 2.75) is 19.6 Å². The Morgan fingerprint density at radius 3 is 2.54 bits per heavy atom. The van der Waals surface area contributed by atoms with Gasteiger partial charge >= 0.3 is 6.18 Å². The van der Waals surface area contributed by atoms with E-state index in [9.17, 15) is 18.0 Å². The van der Waals surface area contributed by atoms with Crippen molar-refractivity contribution in [3.63, 3.8) is 0 Å². The molecule has 0 radical (unpaired) electrons. The smallest absolute Gasteiger partial charge is 0.309 e. The fraction of sp³-hybridized carbons (Fsp3) is 0.176. The number of pyridine rings is 1. The maximum absolute atomic E-state index is 12.6. The minimum absolute atomic E-state index is 0.0819. The highest BCUT2D eigenvalue weighted by molar-refractivity contribution is 7.13. The van der Waals surface area contributed by atoms with Gasteiger partial charge in [0.2, 0.25) is 0 Å². The van der Waals surface area contributed by atoms with Gasteiger partial charge in [-0.25, -0.2) is 4.98 Å². The van der Waals surface area contributed by atoms with Crippen molar-refractivity contribution >= 4 is 11.3 Å². The van der Waals surface area contributed by atoms with E-state index >= 15 is 0 Å². The summed E-state index contributed by atoms with van der Waals surface area (Å²) in [5, 5.41) is 2.43. The second-order valence-electron chi connectivity index (χ2n) is 5.34. The second-order valence-corrected chi connectivity index (χ2v) is 6.20. The van der Waals surface area contributed by atoms with E-state index in [2.05, 4.69) is 4.98 Å². The van der Waals surface area contributed by atoms with Gasteiger partial charge in [0, 0.05) is 22.7 Å². The van der Waals surface area contributed by atoms with Gasteiger partial charge in [-0.3, -0.25) is 4.79 Å². The number of benzene rings is 1. The number of halogens is 3. The van der Waals surface area contributed by atoms with E-state index in [0.29, 0.717) is 28.4 Å². The molecule has 0 bridgehead atoms. The van der Waals surface area contributed by atoms with Crippen LogP contribution < -0.4 is 5.56 Å². The first kappa shape index (κ1) is 16.4. The molecule has 3 aromatic rings. The van der Waals surface area contributed by atoms with Crippen molar-refractivity contribution in [2.75, 3.05) is 0 Å². The highest BCUT2D eigenvalue weighted by Gasteiger charge is 2.30. The molecule has 0 aliphatic heterocycles. The predicted octanol–water partition coefficient (Wildman–Crippen LogP) is 4.35. The molecule has 2 aromatic heterocycles. The third kappa shape index (κ3) is 3.41. The number of nitrogens with zero attached hydrogens (tertiary/aromatic N) is 2. The van der Waals surface area contributed by atoms with Crippen LogP contribution in [-0.2, 0) is 12.7 Å². The van der Waals surface area contributed by atoms with Crippen molar-refractivity contribution in [1.82, 2.24) is 9.55 Å².